The van der Waals surface area contributed by atoms with Crippen molar-refractivity contribution in [3.63, 3.8) is 0 Å². The summed E-state index contributed by atoms with van der Waals surface area (Å²) < 4.78 is 5.78. The molecule has 0 unspecified atom stereocenters. The van der Waals surface area contributed by atoms with Crippen LogP contribution >= 0.6 is 0 Å². The molecule has 0 heterocycles. The van der Waals surface area contributed by atoms with E-state index in [1.165, 1.54) is 18.2 Å². The van der Waals surface area contributed by atoms with Gasteiger partial charge in [-0.05, 0) is 38.8 Å². The average Bonchev–Trinajstić information content (AvgIpc) is 2.53. The number of hydrogen-bond donors (Lipinski definition) is 1. The maximum absolute atomic E-state index is 12.4. The molecule has 1 fully saturated rings. The van der Waals surface area contributed by atoms with E-state index in [1.54, 1.807) is 0 Å². The third-order valence-corrected chi connectivity index (χ3v) is 4.17. The fourth-order valence-electron chi connectivity index (χ4n) is 3.06. The number of amides is 2. The Labute approximate surface area is 144 Å². The van der Waals surface area contributed by atoms with Gasteiger partial charge in [-0.1, -0.05) is 31.4 Å². The molecule has 1 N–H and O–H groups in total. The van der Waals surface area contributed by atoms with Gasteiger partial charge < -0.3 is 10.1 Å². The Kier molecular flexibility index (Phi) is 6.64. The Morgan fingerprint density at radius 1 is 1.21 bits per heavy atom. The van der Waals surface area contributed by atoms with Gasteiger partial charge >= 0.3 is 0 Å². The number of nitrogens with one attached hydrogen (secondary N) is 1. The largest absolute Gasteiger partial charge is 0.489 e. The highest BCUT2D eigenvalue weighted by Crippen LogP contribution is 2.29. The van der Waals surface area contributed by atoms with E-state index in [-0.39, 0.29) is 30.5 Å². The zero-order valence-electron chi connectivity index (χ0n) is 14.9. The van der Waals surface area contributed by atoms with Gasteiger partial charge in [0.15, 0.2) is 0 Å². The fraction of sp³-hybridized carbons (Fsp3) is 0.579. The van der Waals surface area contributed by atoms with Crippen molar-refractivity contribution < 1.29 is 14.3 Å². The van der Waals surface area contributed by atoms with Gasteiger partial charge in [0, 0.05) is 13.0 Å². The Morgan fingerprint density at radius 3 is 2.50 bits per heavy atom. The summed E-state index contributed by atoms with van der Waals surface area (Å²) in [6.45, 7) is 5.36. The molecule has 0 atom stereocenters. The first-order valence-electron chi connectivity index (χ1n) is 8.80. The van der Waals surface area contributed by atoms with Crippen molar-refractivity contribution in [2.24, 2.45) is 0 Å². The van der Waals surface area contributed by atoms with Gasteiger partial charge in [-0.15, -0.1) is 0 Å². The Bertz CT molecular complexity index is 565. The van der Waals surface area contributed by atoms with Crippen LogP contribution in [-0.4, -0.2) is 30.5 Å². The van der Waals surface area contributed by atoms with Gasteiger partial charge in [-0.3, -0.25) is 14.5 Å². The number of carbonyl (C=O) groups is 2. The third-order valence-electron chi connectivity index (χ3n) is 4.17. The lowest BCUT2D eigenvalue weighted by molar-refractivity contribution is -0.123. The van der Waals surface area contributed by atoms with E-state index in [4.69, 9.17) is 4.74 Å². The molecule has 1 saturated carbocycles. The minimum absolute atomic E-state index is 0.00368. The van der Waals surface area contributed by atoms with Crippen LogP contribution in [0.2, 0.25) is 0 Å². The summed E-state index contributed by atoms with van der Waals surface area (Å²) in [7, 11) is 0. The zero-order valence-corrected chi connectivity index (χ0v) is 14.9. The van der Waals surface area contributed by atoms with E-state index in [2.05, 4.69) is 5.32 Å². The number of carbonyl (C=O) groups excluding carboxylic acids is 2. The van der Waals surface area contributed by atoms with Crippen LogP contribution in [0.25, 0.3) is 0 Å². The van der Waals surface area contributed by atoms with Gasteiger partial charge in [0.05, 0.1) is 11.8 Å². The maximum atomic E-state index is 12.4. The number of hydrogen-bond acceptors (Lipinski definition) is 3. The van der Waals surface area contributed by atoms with Gasteiger partial charge in [-0.2, -0.15) is 0 Å². The number of ether oxygens (including phenoxy) is 1. The summed E-state index contributed by atoms with van der Waals surface area (Å²) >= 11 is 0. The number of para-hydroxylation sites is 2. The molecule has 24 heavy (non-hydrogen) atoms. The van der Waals surface area contributed by atoms with E-state index >= 15 is 0 Å². The van der Waals surface area contributed by atoms with E-state index in [9.17, 15) is 9.59 Å². The smallest absolute Gasteiger partial charge is 0.240 e. The minimum Gasteiger partial charge on any atom is -0.489 e. The van der Waals surface area contributed by atoms with Crippen LogP contribution in [0.1, 0.15) is 52.9 Å². The minimum atomic E-state index is -0.173. The quantitative estimate of drug-likeness (QED) is 0.870. The van der Waals surface area contributed by atoms with Gasteiger partial charge in [-0.25, -0.2) is 0 Å². The van der Waals surface area contributed by atoms with E-state index in [0.717, 1.165) is 25.7 Å². The summed E-state index contributed by atoms with van der Waals surface area (Å²) in [4.78, 5) is 26.0. The van der Waals surface area contributed by atoms with Gasteiger partial charge in [0.1, 0.15) is 12.3 Å². The molecule has 1 aromatic carbocycles. The number of anilines is 1. The average molecular weight is 332 g/mol. The van der Waals surface area contributed by atoms with Crippen LogP contribution in [0.5, 0.6) is 5.75 Å². The Balaban J connectivity index is 2.09. The molecule has 5 heteroatoms. The second-order valence-corrected chi connectivity index (χ2v) is 6.64. The lowest BCUT2D eigenvalue weighted by Crippen LogP contribution is -2.44. The normalized spacial score (nSPS) is 15.2. The van der Waals surface area contributed by atoms with Crippen molar-refractivity contribution in [2.75, 3.05) is 11.4 Å². The van der Waals surface area contributed by atoms with E-state index in [1.807, 2.05) is 38.1 Å². The molecule has 2 amide bonds. The van der Waals surface area contributed by atoms with Crippen LogP contribution in [0.15, 0.2) is 24.3 Å². The third kappa shape index (κ3) is 5.25. The fourth-order valence-corrected chi connectivity index (χ4v) is 3.06. The second kappa shape index (κ2) is 8.71. The van der Waals surface area contributed by atoms with Crippen molar-refractivity contribution in [1.29, 1.82) is 0 Å². The number of benzene rings is 1. The second-order valence-electron chi connectivity index (χ2n) is 6.64. The molecule has 1 aliphatic rings. The summed E-state index contributed by atoms with van der Waals surface area (Å²) in [6.07, 6.45) is 5.61. The molecule has 5 nitrogen and oxygen atoms in total. The molecule has 1 aliphatic carbocycles. The Hall–Kier alpha value is -2.04. The molecule has 1 aromatic rings. The van der Waals surface area contributed by atoms with Crippen LogP contribution < -0.4 is 15.0 Å². The van der Waals surface area contributed by atoms with E-state index < -0.39 is 0 Å². The summed E-state index contributed by atoms with van der Waals surface area (Å²) in [5.41, 5.74) is 0.637. The van der Waals surface area contributed by atoms with Crippen molar-refractivity contribution in [3.05, 3.63) is 24.3 Å². The van der Waals surface area contributed by atoms with Crippen LogP contribution in [0.3, 0.4) is 0 Å². The molecular formula is C19H28N2O3. The highest BCUT2D eigenvalue weighted by atomic mass is 16.5. The standard InChI is InChI=1S/C19H28N2O3/c1-14(2)24-18-12-8-7-11-17(18)21(15(3)22)13-19(23)20-16-9-5-4-6-10-16/h7-8,11-12,14,16H,4-6,9-10,13H2,1-3H3,(H,20,23). The van der Waals surface area contributed by atoms with Crippen LogP contribution in [0, 0.1) is 0 Å². The first-order valence-corrected chi connectivity index (χ1v) is 8.80. The maximum Gasteiger partial charge on any atom is 0.240 e. The molecule has 0 radical (unpaired) electrons. The first kappa shape index (κ1) is 18.3. The molecule has 0 aliphatic heterocycles. The molecular weight excluding hydrogens is 304 g/mol. The molecule has 0 spiro atoms. The predicted molar refractivity (Wildman–Crippen MR) is 95.2 cm³/mol. The summed E-state index contributed by atoms with van der Waals surface area (Å²) in [5.74, 6) is 0.332. The zero-order chi connectivity index (χ0) is 17.5. The lowest BCUT2D eigenvalue weighted by atomic mass is 9.95. The van der Waals surface area contributed by atoms with Crippen molar-refractivity contribution >= 4 is 17.5 Å². The molecule has 132 valence electrons. The summed E-state index contributed by atoms with van der Waals surface area (Å²) in [5, 5.41) is 3.06. The predicted octanol–water partition coefficient (Wildman–Crippen LogP) is 3.28. The molecule has 0 aromatic heterocycles. The van der Waals surface area contributed by atoms with Crippen molar-refractivity contribution in [1.82, 2.24) is 5.32 Å². The van der Waals surface area contributed by atoms with Crippen molar-refractivity contribution in [2.45, 2.75) is 65.0 Å². The monoisotopic (exact) mass is 332 g/mol. The Morgan fingerprint density at radius 2 is 1.88 bits per heavy atom. The SMILES string of the molecule is CC(=O)N(CC(=O)NC1CCCCC1)c1ccccc1OC(C)C. The lowest BCUT2D eigenvalue weighted by Gasteiger charge is -2.27. The number of rotatable bonds is 6. The first-order chi connectivity index (χ1) is 11.5. The molecule has 0 bridgehead atoms. The topological polar surface area (TPSA) is 58.6 Å². The highest BCUT2D eigenvalue weighted by Gasteiger charge is 2.22. The van der Waals surface area contributed by atoms with Gasteiger partial charge in [0.2, 0.25) is 11.8 Å². The van der Waals surface area contributed by atoms with Gasteiger partial charge in [0.25, 0.3) is 0 Å². The summed E-state index contributed by atoms with van der Waals surface area (Å²) in [6, 6.07) is 7.58. The molecule has 2 rings (SSSR count). The number of nitrogens with zero attached hydrogens (tertiary/aromatic N) is 1. The van der Waals surface area contributed by atoms with Crippen molar-refractivity contribution in [3.8, 4) is 5.75 Å². The van der Waals surface area contributed by atoms with Crippen LogP contribution in [0.4, 0.5) is 5.69 Å². The highest BCUT2D eigenvalue weighted by molar-refractivity contribution is 5.98. The van der Waals surface area contributed by atoms with E-state index in [0.29, 0.717) is 11.4 Å². The molecule has 0 saturated heterocycles. The van der Waals surface area contributed by atoms with Crippen LogP contribution in [-0.2, 0) is 9.59 Å².